The van der Waals surface area contributed by atoms with Crippen LogP contribution in [0.2, 0.25) is 5.15 Å². The van der Waals surface area contributed by atoms with E-state index in [1.165, 1.54) is 6.42 Å². The van der Waals surface area contributed by atoms with E-state index >= 15 is 0 Å². The molecule has 2 heterocycles. The predicted molar refractivity (Wildman–Crippen MR) is 75.3 cm³/mol. The van der Waals surface area contributed by atoms with Crippen molar-refractivity contribution in [3.8, 4) is 0 Å². The van der Waals surface area contributed by atoms with Crippen LogP contribution >= 0.6 is 11.6 Å². The van der Waals surface area contributed by atoms with E-state index in [1.807, 2.05) is 13.0 Å². The molecule has 2 rings (SSSR count). The first-order valence-corrected chi connectivity index (χ1v) is 6.91. The first-order valence-electron chi connectivity index (χ1n) is 6.53. The number of hydrogen-bond acceptors (Lipinski definition) is 4. The van der Waals surface area contributed by atoms with Gasteiger partial charge in [0, 0.05) is 25.7 Å². The van der Waals surface area contributed by atoms with E-state index in [0.717, 1.165) is 43.7 Å². The molecule has 1 aliphatic rings. The van der Waals surface area contributed by atoms with E-state index in [0.29, 0.717) is 5.15 Å². The van der Waals surface area contributed by atoms with Crippen molar-refractivity contribution >= 4 is 17.4 Å². The molecule has 1 aliphatic heterocycles. The Morgan fingerprint density at radius 1 is 1.50 bits per heavy atom. The Kier molecular flexibility index (Phi) is 4.40. The molecule has 0 aromatic carbocycles. The van der Waals surface area contributed by atoms with Crippen molar-refractivity contribution in [3.63, 3.8) is 0 Å². The topological polar surface area (TPSA) is 32.3 Å². The van der Waals surface area contributed by atoms with E-state index < -0.39 is 0 Å². The molecule has 0 saturated carbocycles. The first-order chi connectivity index (χ1) is 8.58. The Balaban J connectivity index is 1.99. The van der Waals surface area contributed by atoms with Crippen LogP contribution in [0, 0.1) is 12.8 Å². The summed E-state index contributed by atoms with van der Waals surface area (Å²) in [6, 6.07) is 1.86. The summed E-state index contributed by atoms with van der Waals surface area (Å²) < 4.78 is 0. The molecule has 100 valence electrons. The second-order valence-corrected chi connectivity index (χ2v) is 5.44. The van der Waals surface area contributed by atoms with Gasteiger partial charge in [-0.3, -0.25) is 0 Å². The lowest BCUT2D eigenvalue weighted by molar-refractivity contribution is 0.300. The second-order valence-electron chi connectivity index (χ2n) is 5.05. The lowest BCUT2D eigenvalue weighted by Crippen LogP contribution is -2.28. The number of aromatic nitrogens is 2. The third-order valence-electron chi connectivity index (χ3n) is 3.51. The molecule has 1 atom stereocenters. The summed E-state index contributed by atoms with van der Waals surface area (Å²) in [5.41, 5.74) is 0. The van der Waals surface area contributed by atoms with E-state index in [2.05, 4.69) is 33.7 Å². The molecule has 5 heteroatoms. The van der Waals surface area contributed by atoms with Crippen LogP contribution in [0.4, 0.5) is 5.82 Å². The van der Waals surface area contributed by atoms with Gasteiger partial charge in [0.2, 0.25) is 0 Å². The lowest BCUT2D eigenvalue weighted by Gasteiger charge is -2.21. The maximum Gasteiger partial charge on any atom is 0.134 e. The zero-order valence-electron chi connectivity index (χ0n) is 11.4. The van der Waals surface area contributed by atoms with Gasteiger partial charge in [0.1, 0.15) is 16.8 Å². The number of halogens is 1. The summed E-state index contributed by atoms with van der Waals surface area (Å²) in [6.07, 6.45) is 1.23. The highest BCUT2D eigenvalue weighted by Crippen LogP contribution is 2.24. The van der Waals surface area contributed by atoms with Gasteiger partial charge < -0.3 is 9.80 Å². The molecule has 0 amide bonds. The van der Waals surface area contributed by atoms with Crippen LogP contribution in [-0.2, 0) is 0 Å². The molecule has 0 N–H and O–H groups in total. The van der Waals surface area contributed by atoms with Crippen molar-refractivity contribution in [2.75, 3.05) is 38.1 Å². The molecule has 1 saturated heterocycles. The quantitative estimate of drug-likeness (QED) is 0.784. The molecule has 4 nitrogen and oxygen atoms in total. The SMILES string of the molecule is CCN(C)CC1CCN(c2cc(Cl)nc(C)n2)C1. The predicted octanol–water partition coefficient (Wildman–Crippen LogP) is 2.22. The summed E-state index contributed by atoms with van der Waals surface area (Å²) in [4.78, 5) is 13.3. The molecule has 18 heavy (non-hydrogen) atoms. The Morgan fingerprint density at radius 3 is 2.94 bits per heavy atom. The number of hydrogen-bond donors (Lipinski definition) is 0. The number of anilines is 1. The van der Waals surface area contributed by atoms with E-state index in [4.69, 9.17) is 11.6 Å². The zero-order chi connectivity index (χ0) is 13.1. The molecule has 1 aromatic heterocycles. The number of nitrogens with zero attached hydrogens (tertiary/aromatic N) is 4. The zero-order valence-corrected chi connectivity index (χ0v) is 12.1. The van der Waals surface area contributed by atoms with Crippen LogP contribution < -0.4 is 4.90 Å². The summed E-state index contributed by atoms with van der Waals surface area (Å²) >= 11 is 5.99. The molecule has 0 aliphatic carbocycles. The molecule has 0 spiro atoms. The highest BCUT2D eigenvalue weighted by molar-refractivity contribution is 6.29. The Morgan fingerprint density at radius 2 is 2.28 bits per heavy atom. The van der Waals surface area contributed by atoms with Crippen molar-refractivity contribution in [3.05, 3.63) is 17.0 Å². The fourth-order valence-corrected chi connectivity index (χ4v) is 2.66. The van der Waals surface area contributed by atoms with Crippen molar-refractivity contribution in [2.24, 2.45) is 5.92 Å². The minimum Gasteiger partial charge on any atom is -0.356 e. The van der Waals surface area contributed by atoms with Crippen LogP contribution in [-0.4, -0.2) is 48.1 Å². The van der Waals surface area contributed by atoms with Gasteiger partial charge in [-0.2, -0.15) is 0 Å². The van der Waals surface area contributed by atoms with Gasteiger partial charge in [-0.25, -0.2) is 9.97 Å². The van der Waals surface area contributed by atoms with Crippen molar-refractivity contribution in [2.45, 2.75) is 20.3 Å². The molecule has 1 fully saturated rings. The second kappa shape index (κ2) is 5.85. The van der Waals surface area contributed by atoms with Crippen LogP contribution in [0.1, 0.15) is 19.2 Å². The van der Waals surface area contributed by atoms with Gasteiger partial charge >= 0.3 is 0 Å². The molecular formula is C13H21ClN4. The van der Waals surface area contributed by atoms with Crippen LogP contribution in [0.25, 0.3) is 0 Å². The standard InChI is InChI=1S/C13H21ClN4/c1-4-17(3)8-11-5-6-18(9-11)13-7-12(14)15-10(2)16-13/h7,11H,4-6,8-9H2,1-3H3. The van der Waals surface area contributed by atoms with Crippen LogP contribution in [0.3, 0.4) is 0 Å². The van der Waals surface area contributed by atoms with E-state index in [9.17, 15) is 0 Å². The third-order valence-corrected chi connectivity index (χ3v) is 3.71. The molecule has 0 bridgehead atoms. The Bertz CT molecular complexity index is 390. The van der Waals surface area contributed by atoms with Crippen molar-refractivity contribution in [1.29, 1.82) is 0 Å². The largest absolute Gasteiger partial charge is 0.356 e. The van der Waals surface area contributed by atoms with Crippen molar-refractivity contribution in [1.82, 2.24) is 14.9 Å². The first kappa shape index (κ1) is 13.6. The van der Waals surface area contributed by atoms with Gasteiger partial charge in [0.25, 0.3) is 0 Å². The Hall–Kier alpha value is -0.870. The molecule has 0 radical (unpaired) electrons. The van der Waals surface area contributed by atoms with Crippen molar-refractivity contribution < 1.29 is 0 Å². The third kappa shape index (κ3) is 3.33. The van der Waals surface area contributed by atoms with Gasteiger partial charge in [0.05, 0.1) is 0 Å². The minimum absolute atomic E-state index is 0.534. The van der Waals surface area contributed by atoms with Gasteiger partial charge in [-0.05, 0) is 32.9 Å². The molecular weight excluding hydrogens is 248 g/mol. The fraction of sp³-hybridized carbons (Fsp3) is 0.692. The number of aryl methyl sites for hydroxylation is 1. The summed E-state index contributed by atoms with van der Waals surface area (Å²) in [7, 11) is 2.17. The fourth-order valence-electron chi connectivity index (χ4n) is 2.44. The van der Waals surface area contributed by atoms with Gasteiger partial charge in [-0.15, -0.1) is 0 Å². The average Bonchev–Trinajstić information content (AvgIpc) is 2.76. The lowest BCUT2D eigenvalue weighted by atomic mass is 10.1. The maximum absolute atomic E-state index is 5.99. The van der Waals surface area contributed by atoms with E-state index in [-0.39, 0.29) is 0 Å². The normalized spacial score (nSPS) is 19.8. The summed E-state index contributed by atoms with van der Waals surface area (Å²) in [5.74, 6) is 2.43. The summed E-state index contributed by atoms with van der Waals surface area (Å²) in [6.45, 7) is 8.47. The maximum atomic E-state index is 5.99. The van der Waals surface area contributed by atoms with Gasteiger partial charge in [-0.1, -0.05) is 18.5 Å². The van der Waals surface area contributed by atoms with E-state index in [1.54, 1.807) is 0 Å². The average molecular weight is 269 g/mol. The highest BCUT2D eigenvalue weighted by Gasteiger charge is 2.24. The smallest absolute Gasteiger partial charge is 0.134 e. The highest BCUT2D eigenvalue weighted by atomic mass is 35.5. The monoisotopic (exact) mass is 268 g/mol. The number of rotatable bonds is 4. The van der Waals surface area contributed by atoms with Crippen LogP contribution in [0.15, 0.2) is 6.07 Å². The molecule has 1 unspecified atom stereocenters. The Labute approximate surface area is 114 Å². The minimum atomic E-state index is 0.534. The van der Waals surface area contributed by atoms with Gasteiger partial charge in [0.15, 0.2) is 0 Å². The molecule has 1 aromatic rings. The summed E-state index contributed by atoms with van der Waals surface area (Å²) in [5, 5.41) is 0.534. The van der Waals surface area contributed by atoms with Crippen LogP contribution in [0.5, 0.6) is 0 Å².